The van der Waals surface area contributed by atoms with E-state index in [9.17, 15) is 9.90 Å². The monoisotopic (exact) mass is 341 g/mol. The molecule has 1 aliphatic rings. The number of nitrogens with zero attached hydrogens (tertiary/aromatic N) is 1. The van der Waals surface area contributed by atoms with Crippen molar-refractivity contribution in [3.8, 4) is 5.75 Å². The Balaban J connectivity index is 1.91. The van der Waals surface area contributed by atoms with Crippen molar-refractivity contribution in [1.29, 1.82) is 0 Å². The smallest absolute Gasteiger partial charge is 0.262 e. The van der Waals surface area contributed by atoms with E-state index in [0.29, 0.717) is 12.0 Å². The molecule has 0 saturated carbocycles. The average Bonchev–Trinajstić information content (AvgIpc) is 2.68. The topological polar surface area (TPSA) is 41.7 Å². The lowest BCUT2D eigenvalue weighted by atomic mass is 9.90. The Morgan fingerprint density at radius 1 is 0.962 bits per heavy atom. The van der Waals surface area contributed by atoms with Crippen LogP contribution >= 0.6 is 0 Å². The van der Waals surface area contributed by atoms with Crippen LogP contribution in [0, 0.1) is 0 Å². The Morgan fingerprint density at radius 3 is 2.58 bits per heavy atom. The van der Waals surface area contributed by atoms with Gasteiger partial charge in [0, 0.05) is 12.0 Å². The average molecular weight is 341 g/mol. The van der Waals surface area contributed by atoms with Gasteiger partial charge in [-0.1, -0.05) is 48.5 Å². The fraction of sp³-hybridized carbons (Fsp3) is 0.174. The molecule has 0 fully saturated rings. The lowest BCUT2D eigenvalue weighted by Crippen LogP contribution is -2.23. The normalized spacial score (nSPS) is 13.4. The molecule has 5 rings (SSSR count). The first kappa shape index (κ1) is 15.2. The highest BCUT2D eigenvalue weighted by Gasteiger charge is 2.23. The van der Waals surface area contributed by atoms with Gasteiger partial charge < -0.3 is 5.11 Å². The number of fused-ring (bicyclic) bond motifs is 2. The van der Waals surface area contributed by atoms with E-state index in [1.54, 1.807) is 0 Å². The molecule has 2 aromatic heterocycles. The number of aromatic hydroxyl groups is 1. The standard InChI is InChI=1S/C23H19NO2/c25-22-18-11-6-10-17-14-16-9-4-5-12-20(16)24(21(17)18)23(26)19(22)13-15-7-2-1-3-8-15/h1-5,7-9,12,14,25H,6,10-11,13H2. The van der Waals surface area contributed by atoms with Gasteiger partial charge in [-0.15, -0.1) is 0 Å². The maximum absolute atomic E-state index is 13.4. The molecule has 128 valence electrons. The van der Waals surface area contributed by atoms with Gasteiger partial charge in [0.25, 0.3) is 5.56 Å². The first-order valence-corrected chi connectivity index (χ1v) is 9.08. The Hall–Kier alpha value is -3.07. The van der Waals surface area contributed by atoms with Crippen molar-refractivity contribution in [2.75, 3.05) is 0 Å². The maximum Gasteiger partial charge on any atom is 0.262 e. The minimum Gasteiger partial charge on any atom is -0.507 e. The molecule has 0 aliphatic heterocycles. The third-order valence-corrected chi connectivity index (χ3v) is 5.45. The molecule has 0 spiro atoms. The Bertz CT molecular complexity index is 1210. The minimum absolute atomic E-state index is 0.106. The van der Waals surface area contributed by atoms with Crippen LogP contribution in [0.3, 0.4) is 0 Å². The second-order valence-corrected chi connectivity index (χ2v) is 7.04. The van der Waals surface area contributed by atoms with Crippen LogP contribution < -0.4 is 5.56 Å². The lowest BCUT2D eigenvalue weighted by molar-refractivity contribution is 0.458. The molecule has 3 nitrogen and oxygen atoms in total. The zero-order valence-electron chi connectivity index (χ0n) is 14.4. The van der Waals surface area contributed by atoms with Crippen molar-refractivity contribution in [2.24, 2.45) is 0 Å². The molecule has 0 bridgehead atoms. The number of hydrogen-bond donors (Lipinski definition) is 1. The van der Waals surface area contributed by atoms with Gasteiger partial charge in [0.15, 0.2) is 0 Å². The van der Waals surface area contributed by atoms with Gasteiger partial charge in [0.2, 0.25) is 0 Å². The third kappa shape index (κ3) is 2.17. The molecule has 2 heterocycles. The van der Waals surface area contributed by atoms with Crippen molar-refractivity contribution >= 4 is 16.4 Å². The minimum atomic E-state index is -0.106. The first-order valence-electron chi connectivity index (χ1n) is 9.08. The summed E-state index contributed by atoms with van der Waals surface area (Å²) in [5, 5.41) is 12.0. The van der Waals surface area contributed by atoms with Gasteiger partial charge in [-0.2, -0.15) is 0 Å². The predicted octanol–water partition coefficient (Wildman–Crippen LogP) is 4.24. The van der Waals surface area contributed by atoms with E-state index in [0.717, 1.165) is 52.4 Å². The summed E-state index contributed by atoms with van der Waals surface area (Å²) in [5.74, 6) is 0.190. The Kier molecular flexibility index (Phi) is 3.35. The van der Waals surface area contributed by atoms with Gasteiger partial charge in [0.05, 0.1) is 16.6 Å². The summed E-state index contributed by atoms with van der Waals surface area (Å²) < 4.78 is 1.83. The van der Waals surface area contributed by atoms with E-state index in [1.165, 1.54) is 0 Å². The molecule has 0 atom stereocenters. The van der Waals surface area contributed by atoms with Crippen LogP contribution in [0.25, 0.3) is 16.4 Å². The zero-order valence-corrected chi connectivity index (χ0v) is 14.4. The van der Waals surface area contributed by atoms with E-state index in [1.807, 2.05) is 52.9 Å². The number of benzene rings is 2. The summed E-state index contributed by atoms with van der Waals surface area (Å²) in [6, 6.07) is 20.0. The summed E-state index contributed by atoms with van der Waals surface area (Å²) in [4.78, 5) is 13.4. The van der Waals surface area contributed by atoms with Crippen LogP contribution in [0.15, 0.2) is 65.5 Å². The summed E-state index contributed by atoms with van der Waals surface area (Å²) in [6.45, 7) is 0. The molecule has 0 radical (unpaired) electrons. The molecule has 26 heavy (non-hydrogen) atoms. The van der Waals surface area contributed by atoms with E-state index in [-0.39, 0.29) is 11.3 Å². The number of rotatable bonds is 2. The highest BCUT2D eigenvalue weighted by atomic mass is 16.3. The molecule has 0 amide bonds. The van der Waals surface area contributed by atoms with Crippen molar-refractivity contribution in [2.45, 2.75) is 25.7 Å². The molecule has 1 aliphatic carbocycles. The van der Waals surface area contributed by atoms with E-state index >= 15 is 0 Å². The van der Waals surface area contributed by atoms with Crippen molar-refractivity contribution < 1.29 is 5.11 Å². The van der Waals surface area contributed by atoms with Crippen molar-refractivity contribution in [1.82, 2.24) is 4.40 Å². The van der Waals surface area contributed by atoms with Gasteiger partial charge >= 0.3 is 0 Å². The van der Waals surface area contributed by atoms with Gasteiger partial charge in [-0.05, 0) is 47.9 Å². The summed E-state index contributed by atoms with van der Waals surface area (Å²) in [7, 11) is 0. The van der Waals surface area contributed by atoms with Gasteiger partial charge in [-0.25, -0.2) is 0 Å². The second kappa shape index (κ2) is 5.73. The maximum atomic E-state index is 13.4. The van der Waals surface area contributed by atoms with Crippen LogP contribution in [0.2, 0.25) is 0 Å². The fourth-order valence-electron chi connectivity index (χ4n) is 4.25. The second-order valence-electron chi connectivity index (χ2n) is 7.04. The van der Waals surface area contributed by atoms with Crippen LogP contribution in [0.5, 0.6) is 5.75 Å². The molecule has 3 heteroatoms. The SMILES string of the molecule is O=c1c(Cc2ccccc2)c(O)c2c3c(cc4ccccc4n13)CCC2. The molecule has 0 saturated heterocycles. The number of hydrogen-bond acceptors (Lipinski definition) is 2. The molecule has 1 N–H and O–H groups in total. The predicted molar refractivity (Wildman–Crippen MR) is 104 cm³/mol. The Morgan fingerprint density at radius 2 is 1.73 bits per heavy atom. The lowest BCUT2D eigenvalue weighted by Gasteiger charge is -2.22. The third-order valence-electron chi connectivity index (χ3n) is 5.45. The first-order chi connectivity index (χ1) is 12.7. The zero-order chi connectivity index (χ0) is 17.7. The summed E-state index contributed by atoms with van der Waals surface area (Å²) >= 11 is 0. The van der Waals surface area contributed by atoms with Crippen LogP contribution in [0.1, 0.15) is 28.7 Å². The van der Waals surface area contributed by atoms with Gasteiger partial charge in [0.1, 0.15) is 5.75 Å². The molecule has 0 unspecified atom stereocenters. The van der Waals surface area contributed by atoms with Crippen molar-refractivity contribution in [3.05, 3.63) is 93.3 Å². The van der Waals surface area contributed by atoms with Crippen LogP contribution in [-0.2, 0) is 19.3 Å². The number of aryl methyl sites for hydroxylation is 2. The van der Waals surface area contributed by atoms with E-state index in [4.69, 9.17) is 0 Å². The van der Waals surface area contributed by atoms with Crippen LogP contribution in [0.4, 0.5) is 0 Å². The largest absolute Gasteiger partial charge is 0.507 e. The highest BCUT2D eigenvalue weighted by Crippen LogP contribution is 2.35. The van der Waals surface area contributed by atoms with E-state index < -0.39 is 0 Å². The van der Waals surface area contributed by atoms with Crippen LogP contribution in [-0.4, -0.2) is 9.51 Å². The Labute approximate surface area is 151 Å². The highest BCUT2D eigenvalue weighted by molar-refractivity contribution is 5.86. The number of para-hydroxylation sites is 1. The fourth-order valence-corrected chi connectivity index (χ4v) is 4.25. The van der Waals surface area contributed by atoms with Crippen molar-refractivity contribution in [3.63, 3.8) is 0 Å². The van der Waals surface area contributed by atoms with Gasteiger partial charge in [-0.3, -0.25) is 9.20 Å². The molecular weight excluding hydrogens is 322 g/mol. The molecule has 4 aromatic rings. The number of aromatic nitrogens is 1. The quantitative estimate of drug-likeness (QED) is 0.554. The van der Waals surface area contributed by atoms with E-state index in [2.05, 4.69) is 12.1 Å². The molecule has 2 aromatic carbocycles. The number of pyridine rings is 2. The molecular formula is C23H19NO2. The summed E-state index contributed by atoms with van der Waals surface area (Å²) in [6.07, 6.45) is 3.19. The summed E-state index contributed by atoms with van der Waals surface area (Å²) in [5.41, 5.74) is 5.32.